The van der Waals surface area contributed by atoms with Crippen molar-refractivity contribution in [2.24, 2.45) is 0 Å². The van der Waals surface area contributed by atoms with E-state index in [1.54, 1.807) is 12.3 Å². The van der Waals surface area contributed by atoms with Crippen LogP contribution in [0, 0.1) is 5.82 Å². The summed E-state index contributed by atoms with van der Waals surface area (Å²) in [7, 11) is -2.42. The van der Waals surface area contributed by atoms with Crippen LogP contribution in [0.15, 0.2) is 36.7 Å². The molecule has 2 aromatic carbocycles. The van der Waals surface area contributed by atoms with E-state index in [-0.39, 0.29) is 11.9 Å². The second kappa shape index (κ2) is 8.22. The highest BCUT2D eigenvalue weighted by Crippen LogP contribution is 2.46. The van der Waals surface area contributed by atoms with Gasteiger partial charge in [-0.2, -0.15) is 0 Å². The summed E-state index contributed by atoms with van der Waals surface area (Å²) in [5, 5.41) is 4.23. The lowest BCUT2D eigenvalue weighted by atomic mass is 10.0. The lowest BCUT2D eigenvalue weighted by Gasteiger charge is -2.18. The molecule has 32 heavy (non-hydrogen) atoms. The van der Waals surface area contributed by atoms with Gasteiger partial charge in [0.1, 0.15) is 29.8 Å². The van der Waals surface area contributed by atoms with Crippen molar-refractivity contribution < 1.29 is 18.1 Å². The first kappa shape index (κ1) is 21.0. The minimum absolute atomic E-state index is 0.110. The van der Waals surface area contributed by atoms with E-state index in [1.165, 1.54) is 18.5 Å². The number of rotatable bonds is 7. The topological polar surface area (TPSA) is 85.4 Å². The predicted molar refractivity (Wildman–Crippen MR) is 126 cm³/mol. The van der Waals surface area contributed by atoms with Crippen LogP contribution in [-0.4, -0.2) is 45.6 Å². The highest BCUT2D eigenvalue weighted by molar-refractivity contribution is 8.00. The van der Waals surface area contributed by atoms with Crippen LogP contribution in [0.3, 0.4) is 0 Å². The SMILES string of the molecule is C=S(C)(=O)Nc1cc(C2CC2)c2c(Nc3ccc(F)cc3OC3CCOC3)ncnc2c1. The first-order chi connectivity index (χ1) is 15.4. The largest absolute Gasteiger partial charge is 0.486 e. The van der Waals surface area contributed by atoms with Gasteiger partial charge in [-0.15, -0.1) is 0 Å². The molecule has 2 aliphatic rings. The van der Waals surface area contributed by atoms with E-state index in [0.717, 1.165) is 41.4 Å². The lowest BCUT2D eigenvalue weighted by Crippen LogP contribution is -2.16. The molecule has 1 aromatic heterocycles. The Balaban J connectivity index is 1.55. The number of aromatic nitrogens is 2. The Morgan fingerprint density at radius 2 is 2.06 bits per heavy atom. The molecular formula is C23H25FN4O3S. The van der Waals surface area contributed by atoms with Crippen molar-refractivity contribution >= 4 is 43.7 Å². The lowest BCUT2D eigenvalue weighted by molar-refractivity contribution is 0.141. The summed E-state index contributed by atoms with van der Waals surface area (Å²) in [6.45, 7) is 1.12. The monoisotopic (exact) mass is 456 g/mol. The quantitative estimate of drug-likeness (QED) is 0.518. The second-order valence-electron chi connectivity index (χ2n) is 8.43. The highest BCUT2D eigenvalue weighted by atomic mass is 32.2. The third kappa shape index (κ3) is 4.63. The third-order valence-corrected chi connectivity index (χ3v) is 6.17. The van der Waals surface area contributed by atoms with Crippen molar-refractivity contribution in [3.8, 4) is 5.75 Å². The van der Waals surface area contributed by atoms with E-state index < -0.39 is 9.71 Å². The molecule has 1 aliphatic heterocycles. The summed E-state index contributed by atoms with van der Waals surface area (Å²) in [5.74, 6) is 4.74. The zero-order chi connectivity index (χ0) is 22.3. The van der Waals surface area contributed by atoms with Crippen LogP contribution in [0.1, 0.15) is 30.7 Å². The number of nitrogens with one attached hydrogen (secondary N) is 2. The van der Waals surface area contributed by atoms with Gasteiger partial charge in [-0.05, 0) is 54.5 Å². The van der Waals surface area contributed by atoms with Crippen molar-refractivity contribution in [3.05, 3.63) is 48.0 Å². The average molecular weight is 457 g/mol. The molecule has 2 heterocycles. The van der Waals surface area contributed by atoms with Gasteiger partial charge in [0.05, 0.1) is 24.4 Å². The van der Waals surface area contributed by atoms with Crippen molar-refractivity contribution in [2.45, 2.75) is 31.3 Å². The first-order valence-electron chi connectivity index (χ1n) is 10.6. The number of ether oxygens (including phenoxy) is 2. The molecule has 2 unspecified atom stereocenters. The standard InChI is InChI=1S/C23H25FN4O3S/c1-32(2,29)28-16-10-18(14-3-4-14)22-20(11-16)25-13-26-23(22)27-19-6-5-15(24)9-21(19)31-17-7-8-30-12-17/h5-6,9-11,13-14,17H,1,3-4,7-8,12H2,2H3,(H,28,29)(H,25,26,27). The Bertz CT molecular complexity index is 1270. The molecule has 0 amide bonds. The van der Waals surface area contributed by atoms with Gasteiger partial charge in [0.2, 0.25) is 0 Å². The number of halogens is 1. The fourth-order valence-electron chi connectivity index (χ4n) is 3.95. The molecule has 2 atom stereocenters. The van der Waals surface area contributed by atoms with Crippen LogP contribution in [0.25, 0.3) is 10.9 Å². The van der Waals surface area contributed by atoms with Crippen LogP contribution in [-0.2, 0) is 14.4 Å². The Morgan fingerprint density at radius 1 is 1.22 bits per heavy atom. The highest BCUT2D eigenvalue weighted by Gasteiger charge is 2.28. The number of nitrogens with zero attached hydrogens (tertiary/aromatic N) is 2. The fraction of sp³-hybridized carbons (Fsp3) is 0.348. The number of anilines is 3. The van der Waals surface area contributed by atoms with Crippen molar-refractivity contribution in [3.63, 3.8) is 0 Å². The fourth-order valence-corrected chi connectivity index (χ4v) is 4.57. The molecule has 3 aromatic rings. The van der Waals surface area contributed by atoms with Gasteiger partial charge < -0.3 is 19.5 Å². The summed E-state index contributed by atoms with van der Waals surface area (Å²) in [5.41, 5.74) is 3.16. The predicted octanol–water partition coefficient (Wildman–Crippen LogP) is 4.23. The maximum absolute atomic E-state index is 14.0. The van der Waals surface area contributed by atoms with Crippen molar-refractivity contribution in [1.29, 1.82) is 0 Å². The Labute approximate surface area is 186 Å². The molecule has 0 radical (unpaired) electrons. The van der Waals surface area contributed by atoms with Gasteiger partial charge >= 0.3 is 0 Å². The van der Waals surface area contributed by atoms with E-state index in [2.05, 4.69) is 25.9 Å². The van der Waals surface area contributed by atoms with E-state index in [0.29, 0.717) is 36.4 Å². The van der Waals surface area contributed by atoms with Crippen molar-refractivity contribution in [1.82, 2.24) is 9.97 Å². The molecule has 0 spiro atoms. The molecule has 1 saturated heterocycles. The molecule has 168 valence electrons. The van der Waals surface area contributed by atoms with Gasteiger partial charge in [0, 0.05) is 39.5 Å². The molecular weight excluding hydrogens is 431 g/mol. The number of hydrogen-bond acceptors (Lipinski definition) is 6. The normalized spacial score (nSPS) is 20.1. The summed E-state index contributed by atoms with van der Waals surface area (Å²) >= 11 is 0. The van der Waals surface area contributed by atoms with Gasteiger partial charge in [-0.25, -0.2) is 18.6 Å². The molecule has 9 heteroatoms. The van der Waals surface area contributed by atoms with E-state index in [9.17, 15) is 8.60 Å². The Morgan fingerprint density at radius 3 is 2.78 bits per heavy atom. The summed E-state index contributed by atoms with van der Waals surface area (Å²) in [6.07, 6.45) is 5.85. The molecule has 1 saturated carbocycles. The summed E-state index contributed by atoms with van der Waals surface area (Å²) in [6, 6.07) is 8.26. The van der Waals surface area contributed by atoms with Crippen LogP contribution >= 0.6 is 0 Å². The molecule has 2 fully saturated rings. The van der Waals surface area contributed by atoms with Gasteiger partial charge in [-0.1, -0.05) is 0 Å². The van der Waals surface area contributed by atoms with E-state index in [4.69, 9.17) is 9.47 Å². The molecule has 2 N–H and O–H groups in total. The maximum atomic E-state index is 14.0. The molecule has 0 bridgehead atoms. The molecule has 7 nitrogen and oxygen atoms in total. The van der Waals surface area contributed by atoms with Crippen LogP contribution in [0.5, 0.6) is 5.75 Å². The average Bonchev–Trinajstić information content (AvgIpc) is 3.45. The minimum Gasteiger partial charge on any atom is -0.486 e. The number of hydrogen-bond donors (Lipinski definition) is 2. The smallest absolute Gasteiger partial charge is 0.146 e. The summed E-state index contributed by atoms with van der Waals surface area (Å²) in [4.78, 5) is 8.94. The van der Waals surface area contributed by atoms with E-state index >= 15 is 0 Å². The Kier molecular flexibility index (Phi) is 5.38. The first-order valence-corrected chi connectivity index (χ1v) is 12.7. The van der Waals surface area contributed by atoms with Crippen molar-refractivity contribution in [2.75, 3.05) is 29.5 Å². The minimum atomic E-state index is -2.42. The number of fused-ring (bicyclic) bond motifs is 1. The Hall–Kier alpha value is -2.91. The molecule has 5 rings (SSSR count). The second-order valence-corrected chi connectivity index (χ2v) is 10.6. The van der Waals surface area contributed by atoms with Gasteiger partial charge in [-0.3, -0.25) is 0 Å². The van der Waals surface area contributed by atoms with Crippen LogP contribution < -0.4 is 14.8 Å². The summed E-state index contributed by atoms with van der Waals surface area (Å²) < 4.78 is 40.5. The van der Waals surface area contributed by atoms with Gasteiger partial charge in [0.25, 0.3) is 0 Å². The zero-order valence-corrected chi connectivity index (χ0v) is 18.6. The van der Waals surface area contributed by atoms with E-state index in [1.807, 2.05) is 12.1 Å². The van der Waals surface area contributed by atoms with Crippen LogP contribution in [0.2, 0.25) is 0 Å². The maximum Gasteiger partial charge on any atom is 0.146 e. The zero-order valence-electron chi connectivity index (χ0n) is 17.8. The molecule has 1 aliphatic carbocycles. The number of benzene rings is 2. The third-order valence-electron chi connectivity index (χ3n) is 5.50. The van der Waals surface area contributed by atoms with Gasteiger partial charge in [0.15, 0.2) is 0 Å². The van der Waals surface area contributed by atoms with Crippen LogP contribution in [0.4, 0.5) is 21.6 Å².